The molecule has 82 valence electrons. The molecule has 0 radical (unpaired) electrons. The molecular formula is C8H12N4O3. The van der Waals surface area contributed by atoms with Crippen LogP contribution in [0.15, 0.2) is 12.4 Å². The number of hydrogen-bond donors (Lipinski definition) is 3. The number of carboxylic acid groups (broad SMARTS) is 1. The van der Waals surface area contributed by atoms with Gasteiger partial charge in [0.05, 0.1) is 0 Å². The number of aliphatic carboxylic acids is 1. The number of carbonyl (C=O) groups excluding carboxylic acids is 1. The van der Waals surface area contributed by atoms with Crippen LogP contribution < -0.4 is 10.6 Å². The summed E-state index contributed by atoms with van der Waals surface area (Å²) in [5, 5.41) is 12.9. The molecule has 3 N–H and O–H groups in total. The molecule has 0 unspecified atom stereocenters. The molecule has 0 aliphatic heterocycles. The largest absolute Gasteiger partial charge is 0.480 e. The van der Waals surface area contributed by atoms with Crippen LogP contribution in [-0.2, 0) is 11.3 Å². The molecule has 0 saturated carbocycles. The van der Waals surface area contributed by atoms with Gasteiger partial charge in [-0.15, -0.1) is 0 Å². The summed E-state index contributed by atoms with van der Waals surface area (Å²) in [5.41, 5.74) is 0. The number of carbonyl (C=O) groups is 2. The van der Waals surface area contributed by atoms with Gasteiger partial charge in [-0.05, 0) is 6.92 Å². The summed E-state index contributed by atoms with van der Waals surface area (Å²) in [6, 6.07) is -0.585. The van der Waals surface area contributed by atoms with Gasteiger partial charge in [0, 0.05) is 18.9 Å². The van der Waals surface area contributed by atoms with E-state index in [1.165, 1.54) is 0 Å². The lowest BCUT2D eigenvalue weighted by Crippen LogP contribution is -2.33. The van der Waals surface area contributed by atoms with E-state index in [0.29, 0.717) is 12.5 Å². The third-order valence-electron chi connectivity index (χ3n) is 1.68. The van der Waals surface area contributed by atoms with Gasteiger partial charge in [-0.3, -0.25) is 10.1 Å². The summed E-state index contributed by atoms with van der Waals surface area (Å²) in [4.78, 5) is 25.2. The first-order valence-corrected chi connectivity index (χ1v) is 4.41. The summed E-state index contributed by atoms with van der Waals surface area (Å²) in [7, 11) is 0. The lowest BCUT2D eigenvalue weighted by molar-refractivity contribution is -0.135. The molecule has 0 saturated heterocycles. The molecule has 0 atom stereocenters. The van der Waals surface area contributed by atoms with Gasteiger partial charge in [-0.25, -0.2) is 9.78 Å². The van der Waals surface area contributed by atoms with Crippen molar-refractivity contribution in [1.29, 1.82) is 0 Å². The number of nitrogens with zero attached hydrogens (tertiary/aromatic N) is 2. The van der Waals surface area contributed by atoms with Crippen LogP contribution in [0.25, 0.3) is 0 Å². The minimum absolute atomic E-state index is 0.389. The third-order valence-corrected chi connectivity index (χ3v) is 1.68. The van der Waals surface area contributed by atoms with Gasteiger partial charge in [0.2, 0.25) is 5.95 Å². The molecule has 0 aliphatic carbocycles. The molecule has 7 heteroatoms. The summed E-state index contributed by atoms with van der Waals surface area (Å²) < 4.78 is 1.72. The Labute approximate surface area is 86.1 Å². The highest BCUT2D eigenvalue weighted by molar-refractivity contribution is 5.89. The van der Waals surface area contributed by atoms with E-state index >= 15 is 0 Å². The zero-order valence-corrected chi connectivity index (χ0v) is 8.23. The molecule has 0 aromatic carbocycles. The number of aryl methyl sites for hydroxylation is 1. The lowest BCUT2D eigenvalue weighted by Gasteiger charge is -2.06. The molecule has 0 aliphatic rings. The fourth-order valence-electron chi connectivity index (χ4n) is 0.990. The summed E-state index contributed by atoms with van der Waals surface area (Å²) in [6.45, 7) is 2.16. The van der Waals surface area contributed by atoms with Crippen LogP contribution in [0.1, 0.15) is 6.92 Å². The molecule has 0 bridgehead atoms. The Morgan fingerprint density at radius 3 is 2.93 bits per heavy atom. The van der Waals surface area contributed by atoms with Crippen LogP contribution in [0, 0.1) is 0 Å². The van der Waals surface area contributed by atoms with Crippen molar-refractivity contribution in [3.63, 3.8) is 0 Å². The zero-order chi connectivity index (χ0) is 11.3. The molecule has 1 aromatic heterocycles. The molecule has 1 heterocycles. The first-order chi connectivity index (χ1) is 7.13. The first-order valence-electron chi connectivity index (χ1n) is 4.41. The standard InChI is InChI=1S/C8H12N4O3/c1-2-12-4-3-9-7(12)11-8(15)10-5-6(13)14/h3-4H,2,5H2,1H3,(H,13,14)(H2,9,10,11,15). The van der Waals surface area contributed by atoms with Crippen LogP contribution in [0.4, 0.5) is 10.7 Å². The molecular weight excluding hydrogens is 200 g/mol. The van der Waals surface area contributed by atoms with Crippen LogP contribution in [0.2, 0.25) is 0 Å². The Balaban J connectivity index is 2.47. The first kappa shape index (κ1) is 11.0. The Hall–Kier alpha value is -2.05. The second-order valence-electron chi connectivity index (χ2n) is 2.74. The molecule has 2 amide bonds. The number of anilines is 1. The Morgan fingerprint density at radius 2 is 2.33 bits per heavy atom. The van der Waals surface area contributed by atoms with E-state index in [0.717, 1.165) is 0 Å². The second-order valence-corrected chi connectivity index (χ2v) is 2.74. The van der Waals surface area contributed by atoms with Crippen molar-refractivity contribution in [3.8, 4) is 0 Å². The van der Waals surface area contributed by atoms with E-state index in [9.17, 15) is 9.59 Å². The van der Waals surface area contributed by atoms with Gasteiger partial charge in [0.1, 0.15) is 6.54 Å². The van der Waals surface area contributed by atoms with Crippen molar-refractivity contribution < 1.29 is 14.7 Å². The van der Waals surface area contributed by atoms with Gasteiger partial charge >= 0.3 is 12.0 Å². The third kappa shape index (κ3) is 3.29. The fraction of sp³-hybridized carbons (Fsp3) is 0.375. The van der Waals surface area contributed by atoms with Gasteiger partial charge < -0.3 is 15.0 Å². The normalized spacial score (nSPS) is 9.67. The topological polar surface area (TPSA) is 96.3 Å². The summed E-state index contributed by atoms with van der Waals surface area (Å²) >= 11 is 0. The van der Waals surface area contributed by atoms with Crippen LogP contribution in [0.3, 0.4) is 0 Å². The van der Waals surface area contributed by atoms with Crippen LogP contribution in [-0.4, -0.2) is 33.2 Å². The number of carboxylic acids is 1. The fourth-order valence-corrected chi connectivity index (χ4v) is 0.990. The van der Waals surface area contributed by atoms with Crippen LogP contribution >= 0.6 is 0 Å². The van der Waals surface area contributed by atoms with Crippen molar-refractivity contribution in [1.82, 2.24) is 14.9 Å². The number of rotatable bonds is 4. The Bertz CT molecular complexity index is 361. The molecule has 1 rings (SSSR count). The second kappa shape index (κ2) is 4.99. The van der Waals surface area contributed by atoms with Crippen molar-refractivity contribution in [2.75, 3.05) is 11.9 Å². The minimum Gasteiger partial charge on any atom is -0.480 e. The zero-order valence-electron chi connectivity index (χ0n) is 8.23. The quantitative estimate of drug-likeness (QED) is 0.659. The van der Waals surface area contributed by atoms with Gasteiger partial charge in [-0.2, -0.15) is 0 Å². The maximum atomic E-state index is 11.1. The Kier molecular flexibility index (Phi) is 3.67. The number of nitrogens with one attached hydrogen (secondary N) is 2. The predicted molar refractivity (Wildman–Crippen MR) is 52.6 cm³/mol. The average molecular weight is 212 g/mol. The van der Waals surface area contributed by atoms with E-state index < -0.39 is 18.5 Å². The van der Waals surface area contributed by atoms with Gasteiger partial charge in [0.15, 0.2) is 0 Å². The molecule has 0 fully saturated rings. The van der Waals surface area contributed by atoms with Crippen molar-refractivity contribution in [2.24, 2.45) is 0 Å². The SMILES string of the molecule is CCn1ccnc1NC(=O)NCC(=O)O. The van der Waals surface area contributed by atoms with Crippen molar-refractivity contribution in [3.05, 3.63) is 12.4 Å². The highest BCUT2D eigenvalue weighted by Crippen LogP contribution is 2.02. The van der Waals surface area contributed by atoms with Crippen LogP contribution in [0.5, 0.6) is 0 Å². The molecule has 1 aromatic rings. The summed E-state index contributed by atoms with van der Waals surface area (Å²) in [6.07, 6.45) is 3.27. The lowest BCUT2D eigenvalue weighted by atomic mass is 10.6. The number of amides is 2. The highest BCUT2D eigenvalue weighted by Gasteiger charge is 2.07. The predicted octanol–water partition coefficient (Wildman–Crippen LogP) is 0.109. The monoisotopic (exact) mass is 212 g/mol. The summed E-state index contributed by atoms with van der Waals surface area (Å²) in [5.74, 6) is -0.704. The van der Waals surface area contributed by atoms with E-state index in [-0.39, 0.29) is 0 Å². The molecule has 0 spiro atoms. The number of urea groups is 1. The maximum absolute atomic E-state index is 11.1. The number of hydrogen-bond acceptors (Lipinski definition) is 3. The van der Waals surface area contributed by atoms with Gasteiger partial charge in [-0.1, -0.05) is 0 Å². The number of aromatic nitrogens is 2. The highest BCUT2D eigenvalue weighted by atomic mass is 16.4. The van der Waals surface area contributed by atoms with Gasteiger partial charge in [0.25, 0.3) is 0 Å². The maximum Gasteiger partial charge on any atom is 0.323 e. The van der Waals surface area contributed by atoms with Crippen molar-refractivity contribution >= 4 is 17.9 Å². The minimum atomic E-state index is -1.09. The van der Waals surface area contributed by atoms with E-state index in [1.807, 2.05) is 6.92 Å². The smallest absolute Gasteiger partial charge is 0.323 e. The van der Waals surface area contributed by atoms with E-state index in [2.05, 4.69) is 15.6 Å². The van der Waals surface area contributed by atoms with E-state index in [1.54, 1.807) is 17.0 Å². The molecule has 15 heavy (non-hydrogen) atoms. The number of imidazole rings is 1. The van der Waals surface area contributed by atoms with E-state index in [4.69, 9.17) is 5.11 Å². The molecule has 7 nitrogen and oxygen atoms in total. The average Bonchev–Trinajstić information content (AvgIpc) is 2.62. The van der Waals surface area contributed by atoms with Crippen molar-refractivity contribution in [2.45, 2.75) is 13.5 Å². The Morgan fingerprint density at radius 1 is 1.60 bits per heavy atom.